The average Bonchev–Trinajstić information content (AvgIpc) is 3.97. The minimum atomic E-state index is 0.904. The molecule has 69 heavy (non-hydrogen) atoms. The maximum absolute atomic E-state index is 6.13. The van der Waals surface area contributed by atoms with Gasteiger partial charge in [0.1, 0.15) is 11.2 Å². The molecule has 0 atom stereocenters. The van der Waals surface area contributed by atoms with Crippen LogP contribution in [0.25, 0.3) is 105 Å². The number of rotatable bonds is 9. The van der Waals surface area contributed by atoms with Gasteiger partial charge in [0.15, 0.2) is 0 Å². The lowest BCUT2D eigenvalue weighted by Gasteiger charge is -2.26. The van der Waals surface area contributed by atoms with Crippen molar-refractivity contribution in [1.82, 2.24) is 4.57 Å². The van der Waals surface area contributed by atoms with Crippen LogP contribution in [0, 0.1) is 0 Å². The Bertz CT molecular complexity index is 4000. The summed E-state index contributed by atoms with van der Waals surface area (Å²) in [5, 5.41) is 4.73. The molecule has 0 unspecified atom stereocenters. The van der Waals surface area contributed by atoms with Crippen molar-refractivity contribution in [3.05, 3.63) is 267 Å². The van der Waals surface area contributed by atoms with Gasteiger partial charge >= 0.3 is 0 Å². The third kappa shape index (κ3) is 7.25. The summed E-state index contributed by atoms with van der Waals surface area (Å²) in [6.07, 6.45) is 0. The van der Waals surface area contributed by atoms with Crippen LogP contribution < -0.4 is 4.90 Å². The summed E-state index contributed by atoms with van der Waals surface area (Å²) in [7, 11) is 0. The van der Waals surface area contributed by atoms with E-state index in [0.29, 0.717) is 0 Å². The molecule has 0 amide bonds. The van der Waals surface area contributed by atoms with E-state index < -0.39 is 0 Å². The lowest BCUT2D eigenvalue weighted by molar-refractivity contribution is 0.669. The van der Waals surface area contributed by atoms with Crippen molar-refractivity contribution in [1.29, 1.82) is 0 Å². The molecule has 13 aromatic rings. The molecule has 0 saturated heterocycles. The van der Waals surface area contributed by atoms with Crippen molar-refractivity contribution in [2.45, 2.75) is 0 Å². The van der Waals surface area contributed by atoms with Crippen molar-refractivity contribution in [2.75, 3.05) is 4.90 Å². The van der Waals surface area contributed by atoms with Gasteiger partial charge in [-0.05, 0) is 135 Å². The van der Waals surface area contributed by atoms with Crippen LogP contribution in [0.2, 0.25) is 0 Å². The van der Waals surface area contributed by atoms with Gasteiger partial charge in [-0.2, -0.15) is 0 Å². The zero-order valence-electron chi connectivity index (χ0n) is 37.7. The number of para-hydroxylation sites is 3. The molecule has 0 bridgehead atoms. The van der Waals surface area contributed by atoms with Gasteiger partial charge in [-0.25, -0.2) is 0 Å². The Morgan fingerprint density at radius 1 is 0.261 bits per heavy atom. The molecule has 0 fully saturated rings. The zero-order valence-corrected chi connectivity index (χ0v) is 37.7. The van der Waals surface area contributed by atoms with Crippen LogP contribution in [0.15, 0.2) is 271 Å². The van der Waals surface area contributed by atoms with Gasteiger partial charge in [0.2, 0.25) is 0 Å². The Balaban J connectivity index is 0.877. The number of aromatic nitrogens is 1. The number of hydrogen-bond donors (Lipinski definition) is 0. The molecule has 0 aliphatic rings. The van der Waals surface area contributed by atoms with E-state index in [1.54, 1.807) is 0 Å². The molecule has 3 nitrogen and oxygen atoms in total. The van der Waals surface area contributed by atoms with Crippen LogP contribution in [0.4, 0.5) is 17.1 Å². The fraction of sp³-hybridized carbons (Fsp3) is 0. The molecular weight excluding hydrogens is 837 g/mol. The molecule has 0 saturated carbocycles. The number of nitrogens with zero attached hydrogens (tertiary/aromatic N) is 2. The summed E-state index contributed by atoms with van der Waals surface area (Å²) in [5.74, 6) is 0. The van der Waals surface area contributed by atoms with Gasteiger partial charge in [-0.15, -0.1) is 0 Å². The lowest BCUT2D eigenvalue weighted by Crippen LogP contribution is -2.09. The Morgan fingerprint density at radius 2 is 0.754 bits per heavy atom. The van der Waals surface area contributed by atoms with Gasteiger partial charge in [0.25, 0.3) is 0 Å². The molecule has 13 rings (SSSR count). The van der Waals surface area contributed by atoms with Gasteiger partial charge in [0.05, 0.1) is 16.7 Å². The number of benzene rings is 11. The van der Waals surface area contributed by atoms with Crippen LogP contribution in [0.1, 0.15) is 0 Å². The molecule has 11 aromatic carbocycles. The summed E-state index contributed by atoms with van der Waals surface area (Å²) in [4.78, 5) is 2.34. The zero-order chi connectivity index (χ0) is 45.7. The van der Waals surface area contributed by atoms with Crippen LogP contribution in [-0.4, -0.2) is 4.57 Å². The van der Waals surface area contributed by atoms with Crippen molar-refractivity contribution >= 4 is 60.8 Å². The topological polar surface area (TPSA) is 21.3 Å². The van der Waals surface area contributed by atoms with Crippen molar-refractivity contribution < 1.29 is 4.42 Å². The Morgan fingerprint density at radius 3 is 1.54 bits per heavy atom. The molecule has 3 heteroatoms. The van der Waals surface area contributed by atoms with Crippen LogP contribution in [-0.2, 0) is 0 Å². The van der Waals surface area contributed by atoms with Gasteiger partial charge in [-0.3, -0.25) is 0 Å². The highest BCUT2D eigenvalue weighted by Crippen LogP contribution is 2.42. The van der Waals surface area contributed by atoms with Gasteiger partial charge in [-0.1, -0.05) is 182 Å². The molecule has 0 radical (unpaired) electrons. The first-order chi connectivity index (χ1) is 34.2. The van der Waals surface area contributed by atoms with E-state index in [0.717, 1.165) is 78.1 Å². The highest BCUT2D eigenvalue weighted by Gasteiger charge is 2.19. The third-order valence-corrected chi connectivity index (χ3v) is 13.6. The van der Waals surface area contributed by atoms with E-state index in [-0.39, 0.29) is 0 Å². The van der Waals surface area contributed by atoms with Gasteiger partial charge in [0, 0.05) is 44.2 Å². The fourth-order valence-corrected chi connectivity index (χ4v) is 10.2. The fourth-order valence-electron chi connectivity index (χ4n) is 10.2. The van der Waals surface area contributed by atoms with Crippen LogP contribution in [0.5, 0.6) is 0 Å². The molecule has 0 N–H and O–H groups in total. The number of anilines is 3. The summed E-state index contributed by atoms with van der Waals surface area (Å²) in [6.45, 7) is 0. The summed E-state index contributed by atoms with van der Waals surface area (Å²) in [6, 6.07) is 96.2. The van der Waals surface area contributed by atoms with E-state index in [1.807, 2.05) is 12.1 Å². The maximum Gasteiger partial charge on any atom is 0.135 e. The maximum atomic E-state index is 6.13. The number of hydrogen-bond acceptors (Lipinski definition) is 2. The quantitative estimate of drug-likeness (QED) is 0.144. The standard InChI is InChI=1S/C66H44N2O/c1-4-16-45(17-5-1)51-33-38-63(60(42-51)47-18-6-2-7-19-47)68-62-28-12-10-26-57(62)58-37-32-53(44-64(58)68)49-21-14-20-48(40-49)50-22-15-25-56(41-50)67(54-23-8-3-9-24-54)55-35-30-46(31-36-55)52-34-39-66-61(43-52)59-27-11-13-29-65(59)69-66/h1-44H. The predicted octanol–water partition coefficient (Wildman–Crippen LogP) is 18.5. The Hall–Kier alpha value is -9.18. The van der Waals surface area contributed by atoms with Crippen LogP contribution in [0.3, 0.4) is 0 Å². The van der Waals surface area contributed by atoms with E-state index in [9.17, 15) is 0 Å². The predicted molar refractivity (Wildman–Crippen MR) is 290 cm³/mol. The minimum Gasteiger partial charge on any atom is -0.456 e. The first kappa shape index (κ1) is 40.1. The molecule has 0 aliphatic heterocycles. The largest absolute Gasteiger partial charge is 0.456 e. The van der Waals surface area contributed by atoms with Crippen LogP contribution >= 0.6 is 0 Å². The second-order valence-electron chi connectivity index (χ2n) is 17.7. The summed E-state index contributed by atoms with van der Waals surface area (Å²) >= 11 is 0. The van der Waals surface area contributed by atoms with E-state index in [2.05, 4.69) is 264 Å². The third-order valence-electron chi connectivity index (χ3n) is 13.6. The van der Waals surface area contributed by atoms with E-state index in [4.69, 9.17) is 4.42 Å². The summed E-state index contributed by atoms with van der Waals surface area (Å²) < 4.78 is 8.59. The summed E-state index contributed by atoms with van der Waals surface area (Å²) in [5.41, 5.74) is 20.3. The number of fused-ring (bicyclic) bond motifs is 6. The monoisotopic (exact) mass is 880 g/mol. The second-order valence-corrected chi connectivity index (χ2v) is 17.7. The highest BCUT2D eigenvalue weighted by molar-refractivity contribution is 6.11. The minimum absolute atomic E-state index is 0.904. The van der Waals surface area contributed by atoms with E-state index in [1.165, 1.54) is 44.1 Å². The molecule has 0 aliphatic carbocycles. The molecule has 2 heterocycles. The lowest BCUT2D eigenvalue weighted by atomic mass is 9.96. The molecule has 0 spiro atoms. The SMILES string of the molecule is c1ccc(-c2ccc(-n3c4ccccc4c4ccc(-c5cccc(-c6cccc(N(c7ccccc7)c7ccc(-c8ccc9oc%10ccccc%10c9c8)cc7)c6)c5)cc43)c(-c3ccccc3)c2)cc1. The molecule has 2 aromatic heterocycles. The first-order valence-electron chi connectivity index (χ1n) is 23.6. The van der Waals surface area contributed by atoms with Crippen molar-refractivity contribution in [3.8, 4) is 61.3 Å². The first-order valence-corrected chi connectivity index (χ1v) is 23.6. The molecule has 324 valence electrons. The normalized spacial score (nSPS) is 11.5. The van der Waals surface area contributed by atoms with E-state index >= 15 is 0 Å². The van der Waals surface area contributed by atoms with Gasteiger partial charge < -0.3 is 13.9 Å². The van der Waals surface area contributed by atoms with Crippen molar-refractivity contribution in [2.24, 2.45) is 0 Å². The Kier molecular flexibility index (Phi) is 9.84. The molecular formula is C66H44N2O. The highest BCUT2D eigenvalue weighted by atomic mass is 16.3. The Labute approximate surface area is 401 Å². The second kappa shape index (κ2) is 16.9. The average molecular weight is 881 g/mol. The number of furan rings is 1. The van der Waals surface area contributed by atoms with Crippen molar-refractivity contribution in [3.63, 3.8) is 0 Å². The smallest absolute Gasteiger partial charge is 0.135 e.